The SMILES string of the molecule is COc1ccc(OC)c(-c2csc(NC(=O)/C=C/c3ccc(OC(F)F)cc3)n2)c1. The third-order valence-electron chi connectivity index (χ3n) is 3.95. The van der Waals surface area contributed by atoms with Crippen molar-refractivity contribution >= 4 is 28.5 Å². The van der Waals surface area contributed by atoms with Gasteiger partial charge >= 0.3 is 6.61 Å². The molecular formula is C21H18F2N2O4S. The number of methoxy groups -OCH3 is 2. The zero-order chi connectivity index (χ0) is 21.5. The highest BCUT2D eigenvalue weighted by Gasteiger charge is 2.12. The fraction of sp³-hybridized carbons (Fsp3) is 0.143. The summed E-state index contributed by atoms with van der Waals surface area (Å²) >= 11 is 1.27. The maximum Gasteiger partial charge on any atom is 0.387 e. The van der Waals surface area contributed by atoms with E-state index in [1.807, 2.05) is 0 Å². The van der Waals surface area contributed by atoms with Gasteiger partial charge in [-0.05, 0) is 42.0 Å². The molecule has 0 fully saturated rings. The van der Waals surface area contributed by atoms with E-state index in [9.17, 15) is 13.6 Å². The van der Waals surface area contributed by atoms with Gasteiger partial charge in [0.05, 0.1) is 19.9 Å². The molecule has 0 bridgehead atoms. The van der Waals surface area contributed by atoms with E-state index in [1.54, 1.807) is 56.0 Å². The van der Waals surface area contributed by atoms with E-state index in [0.717, 1.165) is 5.56 Å². The van der Waals surface area contributed by atoms with Crippen LogP contribution in [0, 0.1) is 0 Å². The Morgan fingerprint density at radius 2 is 1.83 bits per heavy atom. The third-order valence-corrected chi connectivity index (χ3v) is 4.71. The Balaban J connectivity index is 1.66. The molecule has 2 aromatic carbocycles. The van der Waals surface area contributed by atoms with Crippen LogP contribution in [0.2, 0.25) is 0 Å². The smallest absolute Gasteiger partial charge is 0.387 e. The van der Waals surface area contributed by atoms with Crippen molar-refractivity contribution in [2.24, 2.45) is 0 Å². The highest BCUT2D eigenvalue weighted by Crippen LogP contribution is 2.35. The first-order valence-electron chi connectivity index (χ1n) is 8.70. The molecule has 1 aromatic heterocycles. The molecule has 0 aliphatic rings. The average molecular weight is 432 g/mol. The normalized spacial score (nSPS) is 11.0. The van der Waals surface area contributed by atoms with Crippen molar-refractivity contribution in [1.29, 1.82) is 0 Å². The molecule has 0 aliphatic heterocycles. The fourth-order valence-corrected chi connectivity index (χ4v) is 3.26. The Bertz CT molecular complexity index is 1040. The molecule has 30 heavy (non-hydrogen) atoms. The summed E-state index contributed by atoms with van der Waals surface area (Å²) in [5.74, 6) is 0.978. The molecular weight excluding hydrogens is 414 g/mol. The van der Waals surface area contributed by atoms with E-state index in [-0.39, 0.29) is 11.7 Å². The minimum absolute atomic E-state index is 0.0508. The lowest BCUT2D eigenvalue weighted by Crippen LogP contribution is -2.07. The standard InChI is InChI=1S/C21H18F2N2O4S/c1-27-15-8-9-18(28-2)16(11-15)17-12-30-21(24-17)25-19(26)10-5-13-3-6-14(7-4-13)29-20(22)23/h3-12,20H,1-2H3,(H,24,25,26)/b10-5+. The number of hydrogen-bond acceptors (Lipinski definition) is 6. The first kappa shape index (κ1) is 21.3. The monoisotopic (exact) mass is 432 g/mol. The van der Waals surface area contributed by atoms with E-state index in [2.05, 4.69) is 15.0 Å². The average Bonchev–Trinajstić information content (AvgIpc) is 3.20. The van der Waals surface area contributed by atoms with Crippen LogP contribution in [0.5, 0.6) is 17.2 Å². The van der Waals surface area contributed by atoms with Gasteiger partial charge in [-0.3, -0.25) is 10.1 Å². The lowest BCUT2D eigenvalue weighted by atomic mass is 10.1. The number of alkyl halides is 2. The Hall–Kier alpha value is -3.46. The van der Waals surface area contributed by atoms with Gasteiger partial charge in [0.1, 0.15) is 17.2 Å². The Labute approximate surface area is 175 Å². The van der Waals surface area contributed by atoms with Crippen LogP contribution in [0.25, 0.3) is 17.3 Å². The molecule has 156 valence electrons. The molecule has 1 heterocycles. The molecule has 0 aliphatic carbocycles. The number of anilines is 1. The molecule has 0 saturated heterocycles. The summed E-state index contributed by atoms with van der Waals surface area (Å²) in [4.78, 5) is 16.6. The Morgan fingerprint density at radius 3 is 2.50 bits per heavy atom. The maximum absolute atomic E-state index is 12.2. The first-order valence-corrected chi connectivity index (χ1v) is 9.58. The molecule has 0 unspecified atom stereocenters. The van der Waals surface area contributed by atoms with Gasteiger partial charge in [0.25, 0.3) is 0 Å². The van der Waals surface area contributed by atoms with Gasteiger partial charge in [-0.2, -0.15) is 8.78 Å². The summed E-state index contributed by atoms with van der Waals surface area (Å²) in [5.41, 5.74) is 2.05. The van der Waals surface area contributed by atoms with Crippen LogP contribution >= 0.6 is 11.3 Å². The number of ether oxygens (including phenoxy) is 3. The van der Waals surface area contributed by atoms with Crippen LogP contribution in [0.3, 0.4) is 0 Å². The molecule has 0 atom stereocenters. The minimum atomic E-state index is -2.88. The zero-order valence-corrected chi connectivity index (χ0v) is 16.9. The Kier molecular flexibility index (Phi) is 6.97. The number of amides is 1. The van der Waals surface area contributed by atoms with Gasteiger partial charge in [-0.1, -0.05) is 12.1 Å². The molecule has 3 aromatic rings. The van der Waals surface area contributed by atoms with Gasteiger partial charge in [0.15, 0.2) is 5.13 Å². The second-order valence-electron chi connectivity index (χ2n) is 5.87. The number of nitrogens with one attached hydrogen (secondary N) is 1. The van der Waals surface area contributed by atoms with Crippen LogP contribution < -0.4 is 19.5 Å². The third kappa shape index (κ3) is 5.54. The second kappa shape index (κ2) is 9.84. The van der Waals surface area contributed by atoms with Crippen LogP contribution in [0.4, 0.5) is 13.9 Å². The molecule has 3 rings (SSSR count). The molecule has 0 saturated carbocycles. The predicted molar refractivity (Wildman–Crippen MR) is 111 cm³/mol. The first-order chi connectivity index (χ1) is 14.5. The fourth-order valence-electron chi connectivity index (χ4n) is 2.55. The van der Waals surface area contributed by atoms with Gasteiger partial charge in [-0.25, -0.2) is 4.98 Å². The lowest BCUT2D eigenvalue weighted by Gasteiger charge is -2.08. The minimum Gasteiger partial charge on any atom is -0.497 e. The summed E-state index contributed by atoms with van der Waals surface area (Å²) in [5, 5.41) is 4.92. The van der Waals surface area contributed by atoms with Crippen molar-refractivity contribution in [3.8, 4) is 28.5 Å². The number of carbonyl (C=O) groups excluding carboxylic acids is 1. The van der Waals surface area contributed by atoms with Crippen molar-refractivity contribution in [3.05, 3.63) is 59.5 Å². The number of hydrogen-bond donors (Lipinski definition) is 1. The number of thiazole rings is 1. The van der Waals surface area contributed by atoms with Gasteiger partial charge < -0.3 is 14.2 Å². The number of carbonyl (C=O) groups is 1. The summed E-state index contributed by atoms with van der Waals surface area (Å²) in [6.07, 6.45) is 2.89. The summed E-state index contributed by atoms with van der Waals surface area (Å²) in [6, 6.07) is 11.3. The summed E-state index contributed by atoms with van der Waals surface area (Å²) in [6.45, 7) is -2.88. The van der Waals surface area contributed by atoms with Crippen molar-refractivity contribution < 1.29 is 27.8 Å². The second-order valence-corrected chi connectivity index (χ2v) is 6.73. The topological polar surface area (TPSA) is 69.7 Å². The van der Waals surface area contributed by atoms with E-state index >= 15 is 0 Å². The summed E-state index contributed by atoms with van der Waals surface area (Å²) in [7, 11) is 3.14. The van der Waals surface area contributed by atoms with E-state index < -0.39 is 6.61 Å². The van der Waals surface area contributed by atoms with Gasteiger partial charge in [0.2, 0.25) is 5.91 Å². The van der Waals surface area contributed by atoms with E-state index in [1.165, 1.54) is 29.5 Å². The Morgan fingerprint density at radius 1 is 1.10 bits per heavy atom. The molecule has 9 heteroatoms. The van der Waals surface area contributed by atoms with Crippen LogP contribution in [-0.4, -0.2) is 31.7 Å². The number of rotatable bonds is 8. The van der Waals surface area contributed by atoms with Crippen LogP contribution in [-0.2, 0) is 4.79 Å². The summed E-state index contributed by atoms with van der Waals surface area (Å²) < 4.78 is 39.2. The van der Waals surface area contributed by atoms with Crippen LogP contribution in [0.1, 0.15) is 5.56 Å². The van der Waals surface area contributed by atoms with Crippen molar-refractivity contribution in [1.82, 2.24) is 4.98 Å². The molecule has 6 nitrogen and oxygen atoms in total. The maximum atomic E-state index is 12.2. The highest BCUT2D eigenvalue weighted by molar-refractivity contribution is 7.14. The largest absolute Gasteiger partial charge is 0.497 e. The lowest BCUT2D eigenvalue weighted by molar-refractivity contribution is -0.111. The van der Waals surface area contributed by atoms with Crippen molar-refractivity contribution in [2.45, 2.75) is 6.61 Å². The predicted octanol–water partition coefficient (Wildman–Crippen LogP) is 5.08. The molecule has 1 amide bonds. The number of nitrogens with zero attached hydrogens (tertiary/aromatic N) is 1. The molecule has 1 N–H and O–H groups in total. The van der Waals surface area contributed by atoms with Crippen LogP contribution in [0.15, 0.2) is 53.9 Å². The van der Waals surface area contributed by atoms with Crippen molar-refractivity contribution in [2.75, 3.05) is 19.5 Å². The molecule has 0 spiro atoms. The quantitative estimate of drug-likeness (QED) is 0.503. The van der Waals surface area contributed by atoms with Gasteiger partial charge in [0, 0.05) is 17.0 Å². The number of aromatic nitrogens is 1. The van der Waals surface area contributed by atoms with E-state index in [0.29, 0.717) is 27.9 Å². The van der Waals surface area contributed by atoms with Crippen molar-refractivity contribution in [3.63, 3.8) is 0 Å². The van der Waals surface area contributed by atoms with Gasteiger partial charge in [-0.15, -0.1) is 11.3 Å². The number of benzene rings is 2. The highest BCUT2D eigenvalue weighted by atomic mass is 32.1. The zero-order valence-electron chi connectivity index (χ0n) is 16.1. The van der Waals surface area contributed by atoms with E-state index in [4.69, 9.17) is 9.47 Å². The number of halogens is 2. The molecule has 0 radical (unpaired) electrons.